The minimum atomic E-state index is -2.68. The summed E-state index contributed by atoms with van der Waals surface area (Å²) in [6, 6.07) is 11.5. The number of nitrogens with one attached hydrogen (secondary N) is 2. The number of carbonyl (C=O) groups excluding carboxylic acids is 5. The number of halogens is 4. The lowest BCUT2D eigenvalue weighted by molar-refractivity contribution is -0.136. The molecule has 0 aliphatic carbocycles. The number of piperazine rings is 1. The molecule has 6 aliphatic heterocycles. The normalized spacial score (nSPS) is 23.8. The number of fused-ring (bicyclic) bond motifs is 5. The van der Waals surface area contributed by atoms with Gasteiger partial charge in [-0.1, -0.05) is 18.2 Å². The number of rotatable bonds is 8. The number of aromatic amines is 1. The first-order chi connectivity index (χ1) is 30.3. The third kappa shape index (κ3) is 7.36. The van der Waals surface area contributed by atoms with Gasteiger partial charge in [-0.15, -0.1) is 0 Å². The highest BCUT2D eigenvalue weighted by atomic mass is 19.3. The van der Waals surface area contributed by atoms with Gasteiger partial charge in [0.1, 0.15) is 17.7 Å². The number of hydrogen-bond acceptors (Lipinski definition) is 9. The zero-order valence-electron chi connectivity index (χ0n) is 34.8. The van der Waals surface area contributed by atoms with Crippen molar-refractivity contribution in [2.45, 2.75) is 82.7 Å². The first-order valence-corrected chi connectivity index (χ1v) is 21.8. The molecule has 0 radical (unpaired) electrons. The van der Waals surface area contributed by atoms with Crippen molar-refractivity contribution in [3.63, 3.8) is 0 Å². The van der Waals surface area contributed by atoms with Crippen LogP contribution < -0.4 is 10.2 Å². The smallest absolute Gasteiger partial charge is 0.262 e. The summed E-state index contributed by atoms with van der Waals surface area (Å²) < 4.78 is 60.4. The van der Waals surface area contributed by atoms with Crippen LogP contribution in [0.15, 0.2) is 48.5 Å². The molecule has 3 aromatic carbocycles. The monoisotopic (exact) mass is 868 g/mol. The molecule has 0 spiro atoms. The number of imide groups is 2. The van der Waals surface area contributed by atoms with Crippen LogP contribution in [-0.2, 0) is 33.9 Å². The number of aromatic nitrogens is 1. The van der Waals surface area contributed by atoms with Gasteiger partial charge < -0.3 is 14.8 Å². The van der Waals surface area contributed by atoms with Crippen LogP contribution in [0.3, 0.4) is 0 Å². The second-order valence-electron chi connectivity index (χ2n) is 17.8. The van der Waals surface area contributed by atoms with Crippen LogP contribution in [-0.4, -0.2) is 136 Å². The second-order valence-corrected chi connectivity index (χ2v) is 17.8. The Morgan fingerprint density at radius 1 is 0.841 bits per heavy atom. The Balaban J connectivity index is 0.735. The summed E-state index contributed by atoms with van der Waals surface area (Å²) >= 11 is 0. The maximum absolute atomic E-state index is 16.3. The summed E-state index contributed by atoms with van der Waals surface area (Å²) in [7, 11) is 0. The molecule has 10 rings (SSSR count). The first kappa shape index (κ1) is 41.4. The summed E-state index contributed by atoms with van der Waals surface area (Å²) in [4.78, 5) is 78.2. The van der Waals surface area contributed by atoms with Crippen LogP contribution in [0.25, 0.3) is 10.9 Å². The number of nitrogens with zero attached hydrogens (tertiary/aromatic N) is 6. The lowest BCUT2D eigenvalue weighted by atomic mass is 9.88. The van der Waals surface area contributed by atoms with Crippen molar-refractivity contribution in [1.29, 1.82) is 0 Å². The summed E-state index contributed by atoms with van der Waals surface area (Å²) in [6.45, 7) is 5.94. The standard InChI is InChI=1S/C46H48F4N8O5/c1-25-16-31-30-4-2-3-5-36(30)51-42(31)43(57(25)23-38(49)50)41-34(47)19-29(20-35(41)48)54-10-8-28(9-11-54)55-12-14-56(15-13-55)40(60)24-53-21-26-17-32-33(18-27(26)22-53)46(63)58(45(32)62)37-6-7-39(59)52-44(37)61/h2-5,17-20,25,28,37-38,43,51H,6-16,21-24H2,1H3,(H,52,59,61)/t25-,37?,43-/m1/s1. The van der Waals surface area contributed by atoms with Gasteiger partial charge in [-0.05, 0) is 79.6 Å². The summed E-state index contributed by atoms with van der Waals surface area (Å²) in [6.07, 6.45) is -0.524. The van der Waals surface area contributed by atoms with Gasteiger partial charge in [0.25, 0.3) is 18.2 Å². The Morgan fingerprint density at radius 3 is 2.13 bits per heavy atom. The van der Waals surface area contributed by atoms with Gasteiger partial charge in [0.15, 0.2) is 0 Å². The maximum Gasteiger partial charge on any atom is 0.262 e. The van der Waals surface area contributed by atoms with Crippen LogP contribution in [0, 0.1) is 11.6 Å². The minimum Gasteiger partial charge on any atom is -0.371 e. The number of para-hydroxylation sites is 1. The van der Waals surface area contributed by atoms with Gasteiger partial charge in [-0.3, -0.25) is 48.9 Å². The highest BCUT2D eigenvalue weighted by Crippen LogP contribution is 2.44. The van der Waals surface area contributed by atoms with E-state index in [-0.39, 0.29) is 54.1 Å². The number of hydrogen-bond donors (Lipinski definition) is 2. The van der Waals surface area contributed by atoms with Crippen molar-refractivity contribution in [1.82, 2.24) is 34.8 Å². The van der Waals surface area contributed by atoms with Gasteiger partial charge in [-0.2, -0.15) is 0 Å². The molecule has 2 N–H and O–H groups in total. The Morgan fingerprint density at radius 2 is 1.49 bits per heavy atom. The predicted molar refractivity (Wildman–Crippen MR) is 223 cm³/mol. The lowest BCUT2D eigenvalue weighted by Crippen LogP contribution is -2.55. The average molecular weight is 869 g/mol. The Kier molecular flexibility index (Phi) is 10.6. The van der Waals surface area contributed by atoms with Crippen molar-refractivity contribution >= 4 is 46.1 Å². The molecule has 3 fully saturated rings. The van der Waals surface area contributed by atoms with Crippen molar-refractivity contribution < 1.29 is 41.5 Å². The molecule has 4 aromatic rings. The highest BCUT2D eigenvalue weighted by Gasteiger charge is 2.46. The number of carbonyl (C=O) groups is 5. The Hall–Kier alpha value is -5.65. The van der Waals surface area contributed by atoms with E-state index in [9.17, 15) is 32.8 Å². The van der Waals surface area contributed by atoms with Crippen molar-refractivity contribution in [3.05, 3.63) is 99.2 Å². The molecule has 6 aliphatic rings. The van der Waals surface area contributed by atoms with Gasteiger partial charge >= 0.3 is 0 Å². The van der Waals surface area contributed by atoms with E-state index in [1.54, 1.807) is 12.1 Å². The molecular formula is C46H48F4N8O5. The maximum atomic E-state index is 16.3. The van der Waals surface area contributed by atoms with Crippen LogP contribution >= 0.6 is 0 Å². The topological polar surface area (TPSA) is 133 Å². The van der Waals surface area contributed by atoms with Crippen molar-refractivity contribution in [3.8, 4) is 0 Å². The van der Waals surface area contributed by atoms with Crippen molar-refractivity contribution in [2.75, 3.05) is 57.3 Å². The number of benzene rings is 3. The van der Waals surface area contributed by atoms with Gasteiger partial charge in [0.05, 0.1) is 30.3 Å². The van der Waals surface area contributed by atoms with E-state index in [0.717, 1.165) is 45.3 Å². The largest absolute Gasteiger partial charge is 0.371 e. The molecule has 17 heteroatoms. The number of piperidine rings is 2. The average Bonchev–Trinajstić information content (AvgIpc) is 3.91. The van der Waals surface area contributed by atoms with Crippen LogP contribution in [0.1, 0.15) is 87.3 Å². The summed E-state index contributed by atoms with van der Waals surface area (Å²) in [5.74, 6) is -3.73. The quantitative estimate of drug-likeness (QED) is 0.193. The van der Waals surface area contributed by atoms with Crippen LogP contribution in [0.2, 0.25) is 0 Å². The fourth-order valence-corrected chi connectivity index (χ4v) is 10.9. The fraction of sp³-hybridized carbons (Fsp3) is 0.457. The lowest BCUT2D eigenvalue weighted by Gasteiger charge is -2.43. The molecule has 330 valence electrons. The molecule has 1 unspecified atom stereocenters. The molecule has 0 saturated carbocycles. The van der Waals surface area contributed by atoms with E-state index in [1.807, 2.05) is 45.9 Å². The molecule has 7 heterocycles. The van der Waals surface area contributed by atoms with E-state index in [4.69, 9.17) is 0 Å². The molecule has 3 saturated heterocycles. The third-order valence-corrected chi connectivity index (χ3v) is 14.1. The molecule has 1 aromatic heterocycles. The SMILES string of the molecule is C[C@@H]1Cc2c([nH]c3ccccc23)[C@@H](c2c(F)cc(N3CCC(N4CCN(C(=O)CN5Cc6cc7c(cc6C5)C(=O)N(C5CCC(=O)NC5=O)C7=O)CC4)CC3)cc2F)N1CC(F)F. The molecular weight excluding hydrogens is 821 g/mol. The number of anilines is 1. The van der Waals surface area contributed by atoms with Crippen LogP contribution in [0.4, 0.5) is 23.2 Å². The second kappa shape index (κ2) is 16.2. The number of H-pyrrole nitrogens is 1. The summed E-state index contributed by atoms with van der Waals surface area (Å²) in [5.41, 5.74) is 4.59. The molecule has 0 bridgehead atoms. The molecule has 13 nitrogen and oxygen atoms in total. The molecule has 3 atom stereocenters. The fourth-order valence-electron chi connectivity index (χ4n) is 10.9. The van der Waals surface area contributed by atoms with E-state index < -0.39 is 60.3 Å². The van der Waals surface area contributed by atoms with E-state index >= 15 is 8.78 Å². The van der Waals surface area contributed by atoms with Gasteiger partial charge in [-0.25, -0.2) is 17.6 Å². The number of amides is 5. The zero-order valence-corrected chi connectivity index (χ0v) is 34.8. The predicted octanol–water partition coefficient (Wildman–Crippen LogP) is 4.58. The Labute approximate surface area is 360 Å². The Bertz CT molecular complexity index is 2480. The molecule has 5 amide bonds. The molecule has 63 heavy (non-hydrogen) atoms. The zero-order chi connectivity index (χ0) is 43.8. The highest BCUT2D eigenvalue weighted by molar-refractivity contribution is 6.23. The van der Waals surface area contributed by atoms with Gasteiger partial charge in [0, 0.05) is 98.7 Å². The summed E-state index contributed by atoms with van der Waals surface area (Å²) in [5, 5.41) is 3.14. The van der Waals surface area contributed by atoms with Crippen LogP contribution in [0.5, 0.6) is 0 Å². The minimum absolute atomic E-state index is 0.00530. The first-order valence-electron chi connectivity index (χ1n) is 21.8. The van der Waals surface area contributed by atoms with E-state index in [0.29, 0.717) is 70.2 Å². The number of alkyl halides is 2. The van der Waals surface area contributed by atoms with E-state index in [1.165, 1.54) is 17.0 Å². The third-order valence-electron chi connectivity index (χ3n) is 14.1. The van der Waals surface area contributed by atoms with E-state index in [2.05, 4.69) is 15.2 Å². The van der Waals surface area contributed by atoms with Gasteiger partial charge in [0.2, 0.25) is 17.7 Å². The van der Waals surface area contributed by atoms with Crippen molar-refractivity contribution in [2.24, 2.45) is 0 Å².